The fourth-order valence-electron chi connectivity index (χ4n) is 1.00. The van der Waals surface area contributed by atoms with Crippen LogP contribution in [-0.4, -0.2) is 11.3 Å². The molecular formula is C8H5F2N3O. The van der Waals surface area contributed by atoms with Gasteiger partial charge in [0.1, 0.15) is 17.5 Å². The zero-order chi connectivity index (χ0) is 10.7. The third-order valence-corrected chi connectivity index (χ3v) is 1.64. The first kappa shape index (κ1) is 10.1. The predicted octanol–water partition coefficient (Wildman–Crippen LogP) is 1.29. The number of anilines is 1. The van der Waals surface area contributed by atoms with Crippen LogP contribution in [0.25, 0.3) is 0 Å². The standard InChI is InChI=1S/C8H5F2N3O/c9-7(10)6-4(3-14)2-13-8(12)5(6)1-11/h2-3,7H,(H2,12,13). The van der Waals surface area contributed by atoms with Crippen molar-refractivity contribution in [1.29, 1.82) is 5.26 Å². The first-order valence-electron chi connectivity index (χ1n) is 3.53. The van der Waals surface area contributed by atoms with E-state index >= 15 is 0 Å². The second-order valence-electron chi connectivity index (χ2n) is 2.42. The zero-order valence-corrected chi connectivity index (χ0v) is 6.87. The number of hydrogen-bond acceptors (Lipinski definition) is 4. The molecule has 0 aliphatic heterocycles. The predicted molar refractivity (Wildman–Crippen MR) is 43.7 cm³/mol. The molecule has 1 aromatic heterocycles. The molecule has 0 aliphatic carbocycles. The number of halogens is 2. The van der Waals surface area contributed by atoms with Crippen LogP contribution >= 0.6 is 0 Å². The Hall–Kier alpha value is -2.03. The SMILES string of the molecule is N#Cc1c(N)ncc(C=O)c1C(F)F. The first-order chi connectivity index (χ1) is 6.61. The maximum absolute atomic E-state index is 12.4. The van der Waals surface area contributed by atoms with E-state index in [1.54, 1.807) is 0 Å². The number of aldehydes is 1. The maximum Gasteiger partial charge on any atom is 0.266 e. The molecule has 1 aromatic rings. The summed E-state index contributed by atoms with van der Waals surface area (Å²) in [6.07, 6.45) is -1.78. The van der Waals surface area contributed by atoms with E-state index in [1.165, 1.54) is 6.07 Å². The summed E-state index contributed by atoms with van der Waals surface area (Å²) in [5.74, 6) is -0.298. The van der Waals surface area contributed by atoms with Gasteiger partial charge in [0, 0.05) is 11.8 Å². The molecule has 1 rings (SSSR count). The molecule has 0 spiro atoms. The van der Waals surface area contributed by atoms with Crippen LogP contribution in [0.1, 0.15) is 27.9 Å². The summed E-state index contributed by atoms with van der Waals surface area (Å²) in [4.78, 5) is 13.8. The monoisotopic (exact) mass is 197 g/mol. The average Bonchev–Trinajstić information content (AvgIpc) is 2.17. The molecule has 6 heteroatoms. The van der Waals surface area contributed by atoms with Crippen LogP contribution in [0.3, 0.4) is 0 Å². The number of rotatable bonds is 2. The molecule has 0 saturated heterocycles. The highest BCUT2D eigenvalue weighted by molar-refractivity contribution is 5.79. The highest BCUT2D eigenvalue weighted by Crippen LogP contribution is 2.27. The molecule has 0 radical (unpaired) electrons. The molecule has 2 N–H and O–H groups in total. The van der Waals surface area contributed by atoms with Crippen LogP contribution in [0.5, 0.6) is 0 Å². The normalized spacial score (nSPS) is 9.86. The number of nitrogens with zero attached hydrogens (tertiary/aromatic N) is 2. The first-order valence-corrected chi connectivity index (χ1v) is 3.53. The number of nitriles is 1. The summed E-state index contributed by atoms with van der Waals surface area (Å²) in [6.45, 7) is 0. The molecule has 0 aliphatic rings. The number of carbonyl (C=O) groups is 1. The van der Waals surface area contributed by atoms with E-state index in [4.69, 9.17) is 11.0 Å². The second-order valence-corrected chi connectivity index (χ2v) is 2.42. The molecule has 0 fully saturated rings. The van der Waals surface area contributed by atoms with Crippen molar-refractivity contribution in [1.82, 2.24) is 4.98 Å². The van der Waals surface area contributed by atoms with Gasteiger partial charge in [-0.3, -0.25) is 4.79 Å². The van der Waals surface area contributed by atoms with Crippen molar-refractivity contribution >= 4 is 12.1 Å². The van der Waals surface area contributed by atoms with E-state index in [1.807, 2.05) is 0 Å². The maximum atomic E-state index is 12.4. The van der Waals surface area contributed by atoms with Gasteiger partial charge in [-0.25, -0.2) is 13.8 Å². The number of aromatic nitrogens is 1. The summed E-state index contributed by atoms with van der Waals surface area (Å²) in [5, 5.41) is 8.55. The minimum atomic E-state index is -2.92. The Kier molecular flexibility index (Phi) is 2.72. The fourth-order valence-corrected chi connectivity index (χ4v) is 1.00. The van der Waals surface area contributed by atoms with Gasteiger partial charge in [0.25, 0.3) is 6.43 Å². The lowest BCUT2D eigenvalue weighted by Crippen LogP contribution is -2.04. The van der Waals surface area contributed by atoms with E-state index in [0.29, 0.717) is 0 Å². The van der Waals surface area contributed by atoms with Crippen LogP contribution in [0.2, 0.25) is 0 Å². The summed E-state index contributed by atoms with van der Waals surface area (Å²) >= 11 is 0. The minimum Gasteiger partial charge on any atom is -0.383 e. The Morgan fingerprint density at radius 3 is 2.71 bits per heavy atom. The van der Waals surface area contributed by atoms with Gasteiger partial charge >= 0.3 is 0 Å². The number of hydrogen-bond donors (Lipinski definition) is 1. The Morgan fingerprint density at radius 1 is 1.64 bits per heavy atom. The molecule has 0 atom stereocenters. The van der Waals surface area contributed by atoms with Gasteiger partial charge in [0.05, 0.1) is 5.56 Å². The zero-order valence-electron chi connectivity index (χ0n) is 6.87. The van der Waals surface area contributed by atoms with Crippen molar-refractivity contribution in [3.63, 3.8) is 0 Å². The largest absolute Gasteiger partial charge is 0.383 e. The van der Waals surface area contributed by atoms with Crippen LogP contribution in [-0.2, 0) is 0 Å². The molecule has 0 unspecified atom stereocenters. The van der Waals surface area contributed by atoms with Crippen molar-refractivity contribution in [3.8, 4) is 6.07 Å². The Bertz CT molecular complexity index is 412. The van der Waals surface area contributed by atoms with Crippen molar-refractivity contribution in [2.45, 2.75) is 6.43 Å². The molecule has 4 nitrogen and oxygen atoms in total. The molecule has 0 amide bonds. The molecule has 72 valence electrons. The van der Waals surface area contributed by atoms with Gasteiger partial charge in [0.2, 0.25) is 0 Å². The third-order valence-electron chi connectivity index (χ3n) is 1.64. The summed E-state index contributed by atoms with van der Waals surface area (Å²) in [7, 11) is 0. The van der Waals surface area contributed by atoms with Crippen LogP contribution in [0.15, 0.2) is 6.20 Å². The van der Waals surface area contributed by atoms with Crippen molar-refractivity contribution < 1.29 is 13.6 Å². The van der Waals surface area contributed by atoms with Crippen LogP contribution in [0.4, 0.5) is 14.6 Å². The fraction of sp³-hybridized carbons (Fsp3) is 0.125. The molecule has 1 heterocycles. The smallest absolute Gasteiger partial charge is 0.266 e. The van der Waals surface area contributed by atoms with E-state index < -0.39 is 17.6 Å². The molecule has 0 aromatic carbocycles. The number of alkyl halides is 2. The van der Waals surface area contributed by atoms with E-state index in [2.05, 4.69) is 4.98 Å². The van der Waals surface area contributed by atoms with Gasteiger partial charge in [-0.1, -0.05) is 0 Å². The number of pyridine rings is 1. The van der Waals surface area contributed by atoms with E-state index in [0.717, 1.165) is 6.20 Å². The summed E-state index contributed by atoms with van der Waals surface area (Å²) in [5.41, 5.74) is 3.80. The number of nitrogen functional groups attached to an aromatic ring is 1. The van der Waals surface area contributed by atoms with Gasteiger partial charge < -0.3 is 5.73 Å². The van der Waals surface area contributed by atoms with Gasteiger partial charge in [0.15, 0.2) is 6.29 Å². The minimum absolute atomic E-state index is 0.217. The molecule has 0 saturated carbocycles. The Labute approximate surface area is 78.0 Å². The molecule has 0 bridgehead atoms. The van der Waals surface area contributed by atoms with E-state index in [-0.39, 0.29) is 17.7 Å². The van der Waals surface area contributed by atoms with E-state index in [9.17, 15) is 13.6 Å². The highest BCUT2D eigenvalue weighted by atomic mass is 19.3. The Morgan fingerprint density at radius 2 is 2.29 bits per heavy atom. The summed E-state index contributed by atoms with van der Waals surface area (Å²) in [6, 6.07) is 1.49. The lowest BCUT2D eigenvalue weighted by atomic mass is 10.1. The quantitative estimate of drug-likeness (QED) is 0.724. The molecule has 14 heavy (non-hydrogen) atoms. The van der Waals surface area contributed by atoms with Crippen molar-refractivity contribution in [3.05, 3.63) is 22.9 Å². The summed E-state index contributed by atoms with van der Waals surface area (Å²) < 4.78 is 24.9. The van der Waals surface area contributed by atoms with Crippen LogP contribution in [0, 0.1) is 11.3 Å². The van der Waals surface area contributed by atoms with Gasteiger partial charge in [-0.2, -0.15) is 5.26 Å². The van der Waals surface area contributed by atoms with Crippen LogP contribution < -0.4 is 5.73 Å². The molecular weight excluding hydrogens is 192 g/mol. The second kappa shape index (κ2) is 3.79. The van der Waals surface area contributed by atoms with Crippen molar-refractivity contribution in [2.24, 2.45) is 0 Å². The lowest BCUT2D eigenvalue weighted by Gasteiger charge is -2.06. The highest BCUT2D eigenvalue weighted by Gasteiger charge is 2.20. The van der Waals surface area contributed by atoms with Crippen molar-refractivity contribution in [2.75, 3.05) is 5.73 Å². The average molecular weight is 197 g/mol. The lowest BCUT2D eigenvalue weighted by molar-refractivity contribution is 0.110. The Balaban J connectivity index is 3.54. The van der Waals surface area contributed by atoms with Gasteiger partial charge in [-0.05, 0) is 0 Å². The number of nitrogens with two attached hydrogens (primary N) is 1. The van der Waals surface area contributed by atoms with Gasteiger partial charge in [-0.15, -0.1) is 0 Å². The topological polar surface area (TPSA) is 79.8 Å². The third kappa shape index (κ3) is 1.52. The number of carbonyl (C=O) groups excluding carboxylic acids is 1.